The summed E-state index contributed by atoms with van der Waals surface area (Å²) in [4.78, 5) is 37.6. The van der Waals surface area contributed by atoms with Crippen molar-refractivity contribution in [3.8, 4) is 0 Å². The van der Waals surface area contributed by atoms with Crippen molar-refractivity contribution in [2.75, 3.05) is 39.3 Å². The maximum atomic E-state index is 13.3. The summed E-state index contributed by atoms with van der Waals surface area (Å²) >= 11 is 0. The third-order valence-corrected chi connectivity index (χ3v) is 10.3. The molecule has 7 heteroatoms. The number of piperidine rings is 2. The van der Waals surface area contributed by atoms with Gasteiger partial charge in [0.25, 0.3) is 5.91 Å². The third-order valence-electron chi connectivity index (χ3n) is 10.3. The van der Waals surface area contributed by atoms with Gasteiger partial charge < -0.3 is 14.5 Å². The minimum absolute atomic E-state index is 0.0606. The van der Waals surface area contributed by atoms with Crippen molar-refractivity contribution in [3.63, 3.8) is 0 Å². The van der Waals surface area contributed by atoms with Crippen molar-refractivity contribution in [3.05, 3.63) is 29.1 Å². The molecule has 2 amide bonds. The van der Waals surface area contributed by atoms with Crippen molar-refractivity contribution < 1.29 is 14.3 Å². The Kier molecular flexibility index (Phi) is 9.15. The van der Waals surface area contributed by atoms with E-state index in [1.165, 1.54) is 44.9 Å². The Morgan fingerprint density at radius 1 is 1.05 bits per heavy atom. The lowest BCUT2D eigenvalue weighted by atomic mass is 9.75. The average molecular weight is 539 g/mol. The summed E-state index contributed by atoms with van der Waals surface area (Å²) in [5.41, 5.74) is 2.30. The standard InChI is InChI=1S/C32H50N4O3/c1-4-5-11-27-23-36(22-26-9-7-6-8-10-26)31(38)39-32(27)15-20-34(21-16-32)28-13-18-35(19-14-28)30(37)29-24(2)12-17-33-25(29)3/h12,17,26-28H,4-11,13-16,18-23H2,1-3H3. The first kappa shape index (κ1) is 28.4. The summed E-state index contributed by atoms with van der Waals surface area (Å²) in [7, 11) is 0. The van der Waals surface area contributed by atoms with E-state index in [4.69, 9.17) is 4.74 Å². The number of carbonyl (C=O) groups is 2. The van der Waals surface area contributed by atoms with Crippen LogP contribution in [0.15, 0.2) is 12.3 Å². The molecule has 4 aliphatic rings. The quantitative estimate of drug-likeness (QED) is 0.428. The third kappa shape index (κ3) is 6.28. The van der Waals surface area contributed by atoms with E-state index in [1.807, 2.05) is 24.8 Å². The summed E-state index contributed by atoms with van der Waals surface area (Å²) in [5, 5.41) is 0. The van der Waals surface area contributed by atoms with Crippen LogP contribution in [0.25, 0.3) is 0 Å². The first-order chi connectivity index (χ1) is 18.9. The molecule has 0 aromatic carbocycles. The molecule has 1 spiro atoms. The van der Waals surface area contributed by atoms with Gasteiger partial charge >= 0.3 is 6.09 Å². The fourth-order valence-corrected chi connectivity index (χ4v) is 7.85. The summed E-state index contributed by atoms with van der Waals surface area (Å²) in [6.45, 7) is 11.5. The molecule has 4 fully saturated rings. The monoisotopic (exact) mass is 538 g/mol. The average Bonchev–Trinajstić information content (AvgIpc) is 2.95. The fraction of sp³-hybridized carbons (Fsp3) is 0.781. The van der Waals surface area contributed by atoms with Crippen LogP contribution in [0.2, 0.25) is 0 Å². The molecule has 1 aliphatic carbocycles. The van der Waals surface area contributed by atoms with Gasteiger partial charge in [0.1, 0.15) is 5.60 Å². The number of amides is 2. The summed E-state index contributed by atoms with van der Waals surface area (Å²) in [6.07, 6.45) is 15.6. The van der Waals surface area contributed by atoms with E-state index in [-0.39, 0.29) is 17.6 Å². The van der Waals surface area contributed by atoms with Gasteiger partial charge in [-0.1, -0.05) is 39.0 Å². The number of hydrogen-bond acceptors (Lipinski definition) is 5. The van der Waals surface area contributed by atoms with E-state index in [0.29, 0.717) is 17.9 Å². The Balaban J connectivity index is 1.16. The Hall–Kier alpha value is -2.15. The number of aromatic nitrogens is 1. The largest absolute Gasteiger partial charge is 0.442 e. The van der Waals surface area contributed by atoms with Gasteiger partial charge in [0.2, 0.25) is 0 Å². The highest BCUT2D eigenvalue weighted by atomic mass is 16.6. The molecule has 216 valence electrons. The molecule has 0 bridgehead atoms. The Morgan fingerprint density at radius 2 is 1.77 bits per heavy atom. The number of carbonyl (C=O) groups excluding carboxylic acids is 2. The topological polar surface area (TPSA) is 66.0 Å². The first-order valence-electron chi connectivity index (χ1n) is 15.8. The number of likely N-dealkylation sites (tertiary alicyclic amines) is 2. The maximum Gasteiger partial charge on any atom is 0.410 e. The second-order valence-corrected chi connectivity index (χ2v) is 12.8. The van der Waals surface area contributed by atoms with Crippen LogP contribution in [-0.4, -0.2) is 82.6 Å². The second-order valence-electron chi connectivity index (χ2n) is 12.8. The first-order valence-corrected chi connectivity index (χ1v) is 15.8. The molecule has 0 radical (unpaired) electrons. The van der Waals surface area contributed by atoms with Crippen molar-refractivity contribution in [2.24, 2.45) is 11.8 Å². The van der Waals surface area contributed by atoms with E-state index < -0.39 is 0 Å². The van der Waals surface area contributed by atoms with Gasteiger partial charge in [0.05, 0.1) is 11.3 Å². The van der Waals surface area contributed by atoms with E-state index >= 15 is 0 Å². The van der Waals surface area contributed by atoms with Crippen LogP contribution in [0.5, 0.6) is 0 Å². The highest BCUT2D eigenvalue weighted by Crippen LogP contribution is 2.42. The summed E-state index contributed by atoms with van der Waals surface area (Å²) in [6, 6.07) is 2.43. The molecular weight excluding hydrogens is 488 g/mol. The van der Waals surface area contributed by atoms with Crippen LogP contribution in [0.1, 0.15) is 106 Å². The van der Waals surface area contributed by atoms with Gasteiger partial charge in [-0.25, -0.2) is 4.79 Å². The van der Waals surface area contributed by atoms with Crippen LogP contribution in [0.3, 0.4) is 0 Å². The lowest BCUT2D eigenvalue weighted by Crippen LogP contribution is -2.61. The fourth-order valence-electron chi connectivity index (χ4n) is 7.85. The molecular formula is C32H50N4O3. The molecule has 1 atom stereocenters. The molecule has 0 N–H and O–H groups in total. The summed E-state index contributed by atoms with van der Waals surface area (Å²) in [5.74, 6) is 1.21. The van der Waals surface area contributed by atoms with Gasteiger partial charge in [0.15, 0.2) is 0 Å². The minimum Gasteiger partial charge on any atom is -0.442 e. The van der Waals surface area contributed by atoms with Gasteiger partial charge in [-0.2, -0.15) is 0 Å². The number of aryl methyl sites for hydroxylation is 2. The van der Waals surface area contributed by atoms with Crippen molar-refractivity contribution in [1.82, 2.24) is 19.7 Å². The predicted molar refractivity (Wildman–Crippen MR) is 154 cm³/mol. The Bertz CT molecular complexity index is 971. The molecule has 5 rings (SSSR count). The highest BCUT2D eigenvalue weighted by Gasteiger charge is 2.50. The van der Waals surface area contributed by atoms with E-state index in [9.17, 15) is 9.59 Å². The molecule has 3 saturated heterocycles. The molecule has 7 nitrogen and oxygen atoms in total. The zero-order valence-corrected chi connectivity index (χ0v) is 24.6. The molecule has 1 aromatic rings. The molecule has 1 saturated carbocycles. The van der Waals surface area contributed by atoms with Crippen LogP contribution < -0.4 is 0 Å². The number of pyridine rings is 1. The zero-order chi connectivity index (χ0) is 27.4. The van der Waals surface area contributed by atoms with E-state index in [0.717, 1.165) is 88.2 Å². The Labute approximate surface area is 235 Å². The number of ether oxygens (including phenoxy) is 1. The molecule has 3 aliphatic heterocycles. The smallest absolute Gasteiger partial charge is 0.410 e. The van der Waals surface area contributed by atoms with Gasteiger partial charge in [0, 0.05) is 70.3 Å². The molecule has 1 aromatic heterocycles. The molecule has 39 heavy (non-hydrogen) atoms. The van der Waals surface area contributed by atoms with E-state index in [2.05, 4.69) is 21.7 Å². The van der Waals surface area contributed by atoms with Crippen molar-refractivity contribution in [1.29, 1.82) is 0 Å². The molecule has 4 heterocycles. The van der Waals surface area contributed by atoms with E-state index in [1.54, 1.807) is 6.20 Å². The minimum atomic E-state index is -0.294. The number of rotatable bonds is 7. The predicted octanol–water partition coefficient (Wildman–Crippen LogP) is 5.98. The van der Waals surface area contributed by atoms with Crippen LogP contribution in [0.4, 0.5) is 4.79 Å². The number of hydrogen-bond donors (Lipinski definition) is 0. The molecule has 1 unspecified atom stereocenters. The number of nitrogens with zero attached hydrogens (tertiary/aromatic N) is 4. The SMILES string of the molecule is CCCCC1CN(CC2CCCCC2)C(=O)OC12CCN(C1CCN(C(=O)c3c(C)ccnc3C)CC1)CC2. The van der Waals surface area contributed by atoms with Crippen molar-refractivity contribution in [2.45, 2.75) is 109 Å². The summed E-state index contributed by atoms with van der Waals surface area (Å²) < 4.78 is 6.44. The van der Waals surface area contributed by atoms with Gasteiger partial charge in [-0.05, 0) is 63.5 Å². The number of unbranched alkanes of at least 4 members (excludes halogenated alkanes) is 1. The zero-order valence-electron chi connectivity index (χ0n) is 24.6. The lowest BCUT2D eigenvalue weighted by Gasteiger charge is -2.52. The van der Waals surface area contributed by atoms with Crippen molar-refractivity contribution >= 4 is 12.0 Å². The second kappa shape index (κ2) is 12.6. The van der Waals surface area contributed by atoms with Crippen LogP contribution in [-0.2, 0) is 4.74 Å². The maximum absolute atomic E-state index is 13.3. The lowest BCUT2D eigenvalue weighted by molar-refractivity contribution is -0.127. The van der Waals surface area contributed by atoms with Crippen LogP contribution >= 0.6 is 0 Å². The Morgan fingerprint density at radius 3 is 2.44 bits per heavy atom. The highest BCUT2D eigenvalue weighted by molar-refractivity contribution is 5.96. The van der Waals surface area contributed by atoms with Crippen LogP contribution in [0, 0.1) is 25.7 Å². The normalized spacial score (nSPS) is 25.2. The van der Waals surface area contributed by atoms with Gasteiger partial charge in [-0.15, -0.1) is 0 Å². The van der Waals surface area contributed by atoms with Gasteiger partial charge in [-0.3, -0.25) is 14.7 Å².